The second-order valence-corrected chi connectivity index (χ2v) is 10.1. The zero-order valence-electron chi connectivity index (χ0n) is 22.3. The minimum atomic E-state index is -1.20. The van der Waals surface area contributed by atoms with Gasteiger partial charge in [-0.3, -0.25) is 9.59 Å². The van der Waals surface area contributed by atoms with Gasteiger partial charge in [0, 0.05) is 38.2 Å². The lowest BCUT2D eigenvalue weighted by Gasteiger charge is -2.39. The van der Waals surface area contributed by atoms with Crippen molar-refractivity contribution in [2.45, 2.75) is 52.2 Å². The Bertz CT molecular complexity index is 1190. The molecule has 0 radical (unpaired) electrons. The number of anilines is 1. The average Bonchev–Trinajstić information content (AvgIpc) is 2.93. The van der Waals surface area contributed by atoms with Crippen molar-refractivity contribution in [3.8, 4) is 17.2 Å². The SMILES string of the molecule is COc1ccccc1N1CCN(C(=O)C(CO)NC(=O)C2(C)CCc3c(C)c(O)c(C)c(C)c3O2)CC1. The Kier molecular flexibility index (Phi) is 7.54. The highest BCUT2D eigenvalue weighted by molar-refractivity contribution is 5.92. The fourth-order valence-electron chi connectivity index (χ4n) is 5.18. The van der Waals surface area contributed by atoms with E-state index in [0.29, 0.717) is 44.8 Å². The minimum Gasteiger partial charge on any atom is -0.507 e. The third kappa shape index (κ3) is 4.92. The van der Waals surface area contributed by atoms with E-state index in [4.69, 9.17) is 9.47 Å². The molecule has 2 unspecified atom stereocenters. The monoisotopic (exact) mass is 511 g/mol. The third-order valence-electron chi connectivity index (χ3n) is 7.80. The number of fused-ring (bicyclic) bond motifs is 1. The second kappa shape index (κ2) is 10.5. The molecule has 3 N–H and O–H groups in total. The number of nitrogens with zero attached hydrogens (tertiary/aromatic N) is 2. The van der Waals surface area contributed by atoms with Crippen LogP contribution in [0.3, 0.4) is 0 Å². The zero-order valence-corrected chi connectivity index (χ0v) is 22.3. The first-order valence-electron chi connectivity index (χ1n) is 12.7. The summed E-state index contributed by atoms with van der Waals surface area (Å²) in [6, 6.07) is 6.70. The van der Waals surface area contributed by atoms with Crippen molar-refractivity contribution in [3.63, 3.8) is 0 Å². The summed E-state index contributed by atoms with van der Waals surface area (Å²) in [5.41, 5.74) is 2.94. The third-order valence-corrected chi connectivity index (χ3v) is 7.80. The molecule has 9 nitrogen and oxygen atoms in total. The van der Waals surface area contributed by atoms with E-state index in [1.807, 2.05) is 45.0 Å². The van der Waals surface area contributed by atoms with Gasteiger partial charge in [0.25, 0.3) is 5.91 Å². The maximum absolute atomic E-state index is 13.4. The molecular formula is C28H37N3O6. The number of para-hydroxylation sites is 2. The molecule has 2 aromatic carbocycles. The Hall–Kier alpha value is -3.46. The Morgan fingerprint density at radius 1 is 1.11 bits per heavy atom. The first kappa shape index (κ1) is 26.6. The van der Waals surface area contributed by atoms with E-state index in [2.05, 4.69) is 10.2 Å². The number of hydrogen-bond donors (Lipinski definition) is 3. The van der Waals surface area contributed by atoms with Gasteiger partial charge in [0.15, 0.2) is 5.60 Å². The summed E-state index contributed by atoms with van der Waals surface area (Å²) in [6.45, 7) is 8.88. The van der Waals surface area contributed by atoms with E-state index in [1.54, 1.807) is 18.9 Å². The van der Waals surface area contributed by atoms with Crippen LogP contribution in [0, 0.1) is 20.8 Å². The summed E-state index contributed by atoms with van der Waals surface area (Å²) in [5.74, 6) is 0.880. The summed E-state index contributed by atoms with van der Waals surface area (Å²) in [4.78, 5) is 30.4. The zero-order chi connectivity index (χ0) is 26.9. The number of phenolic OH excluding ortho intramolecular Hbond substituents is 1. The Morgan fingerprint density at radius 3 is 2.43 bits per heavy atom. The van der Waals surface area contributed by atoms with E-state index in [9.17, 15) is 19.8 Å². The Morgan fingerprint density at radius 2 is 1.78 bits per heavy atom. The molecule has 0 saturated carbocycles. The van der Waals surface area contributed by atoms with Crippen LogP contribution in [-0.4, -0.2) is 78.5 Å². The van der Waals surface area contributed by atoms with Crippen LogP contribution in [-0.2, 0) is 16.0 Å². The number of ether oxygens (including phenoxy) is 2. The summed E-state index contributed by atoms with van der Waals surface area (Å²) < 4.78 is 11.7. The molecule has 1 fully saturated rings. The normalized spacial score (nSPS) is 20.1. The fourth-order valence-corrected chi connectivity index (χ4v) is 5.18. The lowest BCUT2D eigenvalue weighted by Crippen LogP contribution is -2.60. The summed E-state index contributed by atoms with van der Waals surface area (Å²) >= 11 is 0. The number of hydrogen-bond acceptors (Lipinski definition) is 7. The number of aliphatic hydroxyl groups is 1. The van der Waals surface area contributed by atoms with Crippen molar-refractivity contribution in [2.24, 2.45) is 0 Å². The van der Waals surface area contributed by atoms with Crippen LogP contribution < -0.4 is 19.7 Å². The molecular weight excluding hydrogens is 474 g/mol. The van der Waals surface area contributed by atoms with Crippen molar-refractivity contribution in [3.05, 3.63) is 46.5 Å². The van der Waals surface area contributed by atoms with Gasteiger partial charge in [-0.25, -0.2) is 0 Å². The van der Waals surface area contributed by atoms with Crippen LogP contribution in [0.15, 0.2) is 24.3 Å². The molecule has 1 saturated heterocycles. The van der Waals surface area contributed by atoms with Gasteiger partial charge in [-0.15, -0.1) is 0 Å². The number of methoxy groups -OCH3 is 1. The molecule has 0 bridgehead atoms. The summed E-state index contributed by atoms with van der Waals surface area (Å²) in [6.07, 6.45) is 0.945. The molecule has 2 amide bonds. The predicted molar refractivity (Wildman–Crippen MR) is 140 cm³/mol. The number of piperazine rings is 1. The standard InChI is InChI=1S/C28H37N3O6/c1-17-18(2)25-20(19(3)24(17)33)10-11-28(4,37-25)27(35)29-21(16-32)26(34)31-14-12-30(13-15-31)22-8-6-7-9-23(22)36-5/h6-9,21,32-33H,10-16H2,1-5H3,(H,29,35). The molecule has 2 atom stereocenters. The van der Waals surface area contributed by atoms with Gasteiger partial charge in [-0.05, 0) is 62.9 Å². The first-order valence-corrected chi connectivity index (χ1v) is 12.7. The molecule has 2 aliphatic rings. The van der Waals surface area contributed by atoms with Gasteiger partial charge in [0.05, 0.1) is 19.4 Å². The maximum atomic E-state index is 13.4. The van der Waals surface area contributed by atoms with Gasteiger partial charge < -0.3 is 34.8 Å². The van der Waals surface area contributed by atoms with Crippen molar-refractivity contribution >= 4 is 17.5 Å². The first-order chi connectivity index (χ1) is 17.6. The van der Waals surface area contributed by atoms with Crippen molar-refractivity contribution in [2.75, 3.05) is 44.8 Å². The Balaban J connectivity index is 1.42. The van der Waals surface area contributed by atoms with Gasteiger partial charge >= 0.3 is 0 Å². The van der Waals surface area contributed by atoms with E-state index in [1.165, 1.54) is 0 Å². The number of carbonyl (C=O) groups excluding carboxylic acids is 2. The highest BCUT2D eigenvalue weighted by atomic mass is 16.5. The molecule has 200 valence electrons. The molecule has 0 aliphatic carbocycles. The highest BCUT2D eigenvalue weighted by Crippen LogP contribution is 2.43. The van der Waals surface area contributed by atoms with Crippen LogP contribution in [0.25, 0.3) is 0 Å². The van der Waals surface area contributed by atoms with Crippen molar-refractivity contribution in [1.82, 2.24) is 10.2 Å². The number of nitrogens with one attached hydrogen (secondary N) is 1. The van der Waals surface area contributed by atoms with Crippen molar-refractivity contribution in [1.29, 1.82) is 0 Å². The van der Waals surface area contributed by atoms with Crippen LogP contribution in [0.4, 0.5) is 5.69 Å². The van der Waals surface area contributed by atoms with Gasteiger partial charge in [-0.1, -0.05) is 12.1 Å². The quantitative estimate of drug-likeness (QED) is 0.545. The van der Waals surface area contributed by atoms with Crippen LogP contribution in [0.2, 0.25) is 0 Å². The largest absolute Gasteiger partial charge is 0.507 e. The number of amides is 2. The number of phenols is 1. The number of aliphatic hydroxyl groups excluding tert-OH is 1. The Labute approximate surface area is 218 Å². The average molecular weight is 512 g/mol. The van der Waals surface area contributed by atoms with E-state index < -0.39 is 24.2 Å². The predicted octanol–water partition coefficient (Wildman–Crippen LogP) is 2.24. The number of rotatable bonds is 6. The molecule has 2 aromatic rings. The topological polar surface area (TPSA) is 112 Å². The number of carbonyl (C=O) groups is 2. The van der Waals surface area contributed by atoms with Crippen molar-refractivity contribution < 1.29 is 29.3 Å². The van der Waals surface area contributed by atoms with E-state index in [0.717, 1.165) is 33.7 Å². The number of aromatic hydroxyl groups is 1. The van der Waals surface area contributed by atoms with Gasteiger partial charge in [0.2, 0.25) is 5.91 Å². The molecule has 0 spiro atoms. The lowest BCUT2D eigenvalue weighted by atomic mass is 9.86. The number of benzene rings is 2. The molecule has 0 aromatic heterocycles. The van der Waals surface area contributed by atoms with Crippen LogP contribution in [0.5, 0.6) is 17.2 Å². The summed E-state index contributed by atoms with van der Waals surface area (Å²) in [5, 5.41) is 23.2. The van der Waals surface area contributed by atoms with Crippen LogP contribution >= 0.6 is 0 Å². The lowest BCUT2D eigenvalue weighted by molar-refractivity contribution is -0.144. The minimum absolute atomic E-state index is 0.254. The summed E-state index contributed by atoms with van der Waals surface area (Å²) in [7, 11) is 1.63. The van der Waals surface area contributed by atoms with E-state index >= 15 is 0 Å². The molecule has 37 heavy (non-hydrogen) atoms. The maximum Gasteiger partial charge on any atom is 0.264 e. The molecule has 9 heteroatoms. The smallest absolute Gasteiger partial charge is 0.264 e. The molecule has 2 heterocycles. The highest BCUT2D eigenvalue weighted by Gasteiger charge is 2.42. The van der Waals surface area contributed by atoms with Crippen LogP contribution in [0.1, 0.15) is 35.6 Å². The molecule has 2 aliphatic heterocycles. The van der Waals surface area contributed by atoms with Gasteiger partial charge in [-0.2, -0.15) is 0 Å². The second-order valence-electron chi connectivity index (χ2n) is 10.1. The van der Waals surface area contributed by atoms with E-state index in [-0.39, 0.29) is 11.7 Å². The fraction of sp³-hybridized carbons (Fsp3) is 0.500. The molecule has 4 rings (SSSR count). The van der Waals surface area contributed by atoms with Gasteiger partial charge in [0.1, 0.15) is 23.3 Å².